The lowest BCUT2D eigenvalue weighted by atomic mass is 9.96. The molecule has 27 heavy (non-hydrogen) atoms. The summed E-state index contributed by atoms with van der Waals surface area (Å²) in [4.78, 5) is 10.7. The van der Waals surface area contributed by atoms with E-state index >= 15 is 0 Å². The van der Waals surface area contributed by atoms with Gasteiger partial charge in [0.1, 0.15) is 0 Å². The zero-order valence-electron chi connectivity index (χ0n) is 18.1. The molecule has 0 aromatic carbocycles. The van der Waals surface area contributed by atoms with Crippen molar-refractivity contribution in [3.63, 3.8) is 0 Å². The molecule has 0 heterocycles. The number of unbranched alkanes of at least 4 members (excludes halogenated alkanes) is 10. The topological polar surface area (TPSA) is 37.3 Å². The van der Waals surface area contributed by atoms with Gasteiger partial charge in [0.25, 0.3) is 0 Å². The number of hydrogen-bond donors (Lipinski definition) is 1. The van der Waals surface area contributed by atoms with Crippen molar-refractivity contribution < 1.29 is 9.90 Å². The van der Waals surface area contributed by atoms with Gasteiger partial charge in [-0.2, -0.15) is 0 Å². The summed E-state index contributed by atoms with van der Waals surface area (Å²) >= 11 is 0. The Morgan fingerprint density at radius 2 is 1.48 bits per heavy atom. The normalized spacial score (nSPS) is 12.1. The Labute approximate surface area is 169 Å². The fraction of sp³-hybridized carbons (Fsp3) is 0.800. The van der Waals surface area contributed by atoms with Gasteiger partial charge in [0.15, 0.2) is 0 Å². The Kier molecular flexibility index (Phi) is 20.1. The summed E-state index contributed by atoms with van der Waals surface area (Å²) in [5, 5.41) is 8.77. The third-order valence-electron chi connectivity index (χ3n) is 4.98. The molecule has 0 radical (unpaired) electrons. The maximum Gasteiger partial charge on any atom is 0.303 e. The van der Waals surface area contributed by atoms with Crippen molar-refractivity contribution in [2.75, 3.05) is 0 Å². The van der Waals surface area contributed by atoms with Crippen molar-refractivity contribution in [2.45, 2.75) is 123 Å². The van der Waals surface area contributed by atoms with Gasteiger partial charge < -0.3 is 5.11 Å². The van der Waals surface area contributed by atoms with Crippen molar-refractivity contribution in [3.05, 3.63) is 12.2 Å². The first kappa shape index (κ1) is 25.8. The van der Waals surface area contributed by atoms with E-state index in [0.717, 1.165) is 38.5 Å². The van der Waals surface area contributed by atoms with E-state index in [1.54, 1.807) is 0 Å². The van der Waals surface area contributed by atoms with Gasteiger partial charge in [-0.25, -0.2) is 0 Å². The number of aliphatic carboxylic acids is 1. The van der Waals surface area contributed by atoms with Gasteiger partial charge >= 0.3 is 5.97 Å². The second-order valence-electron chi connectivity index (χ2n) is 7.72. The molecular formula is C25H44O2. The van der Waals surface area contributed by atoms with E-state index in [0.29, 0.717) is 5.92 Å². The van der Waals surface area contributed by atoms with Gasteiger partial charge in [-0.15, -0.1) is 5.92 Å². The Morgan fingerprint density at radius 1 is 0.815 bits per heavy atom. The van der Waals surface area contributed by atoms with Crippen LogP contribution in [0.5, 0.6) is 0 Å². The summed E-state index contributed by atoms with van der Waals surface area (Å²) < 4.78 is 0. The first-order valence-electron chi connectivity index (χ1n) is 11.6. The van der Waals surface area contributed by atoms with E-state index in [4.69, 9.17) is 5.11 Å². The van der Waals surface area contributed by atoms with E-state index in [-0.39, 0.29) is 6.42 Å². The maximum absolute atomic E-state index is 10.7. The molecule has 1 atom stereocenters. The van der Waals surface area contributed by atoms with Gasteiger partial charge in [0, 0.05) is 18.8 Å². The molecular weight excluding hydrogens is 332 g/mol. The number of hydrogen-bond acceptors (Lipinski definition) is 1. The molecule has 0 aliphatic heterocycles. The van der Waals surface area contributed by atoms with Gasteiger partial charge in [0.05, 0.1) is 0 Å². The van der Waals surface area contributed by atoms with E-state index in [2.05, 4.69) is 37.8 Å². The molecule has 156 valence electrons. The molecule has 0 aliphatic rings. The Bertz CT molecular complexity index is 414. The zero-order valence-corrected chi connectivity index (χ0v) is 18.1. The molecule has 1 N–H and O–H groups in total. The highest BCUT2D eigenvalue weighted by Gasteiger charge is 2.05. The summed E-state index contributed by atoms with van der Waals surface area (Å²) in [6, 6.07) is 0. The highest BCUT2D eigenvalue weighted by molar-refractivity contribution is 5.66. The fourth-order valence-corrected chi connectivity index (χ4v) is 3.21. The number of allylic oxidation sites excluding steroid dienone is 2. The SMILES string of the molecule is CCCCCC#CC(CC/C=C\CCCCCCCC)CCCCC(=O)O. The highest BCUT2D eigenvalue weighted by atomic mass is 16.4. The molecule has 0 aromatic heterocycles. The third-order valence-corrected chi connectivity index (χ3v) is 4.98. The lowest BCUT2D eigenvalue weighted by Gasteiger charge is -2.09. The van der Waals surface area contributed by atoms with Crippen LogP contribution in [-0.4, -0.2) is 11.1 Å². The second kappa shape index (κ2) is 21.1. The molecule has 0 spiro atoms. The Hall–Kier alpha value is -1.23. The van der Waals surface area contributed by atoms with Crippen molar-refractivity contribution in [2.24, 2.45) is 5.92 Å². The first-order valence-corrected chi connectivity index (χ1v) is 11.6. The predicted octanol–water partition coefficient (Wildman–Crippen LogP) is 7.92. The van der Waals surface area contributed by atoms with Crippen LogP contribution in [0.25, 0.3) is 0 Å². The van der Waals surface area contributed by atoms with Gasteiger partial charge in [-0.1, -0.05) is 83.3 Å². The molecule has 1 unspecified atom stereocenters. The largest absolute Gasteiger partial charge is 0.481 e. The predicted molar refractivity (Wildman–Crippen MR) is 118 cm³/mol. The minimum Gasteiger partial charge on any atom is -0.481 e. The number of carboxylic acid groups (broad SMARTS) is 1. The fourth-order valence-electron chi connectivity index (χ4n) is 3.21. The summed E-state index contributed by atoms with van der Waals surface area (Å²) in [5.74, 6) is 6.58. The molecule has 2 heteroatoms. The monoisotopic (exact) mass is 376 g/mol. The van der Waals surface area contributed by atoms with E-state index in [9.17, 15) is 4.79 Å². The standard InChI is InChI=1S/C25H44O2/c1-3-5-7-9-10-11-12-13-15-17-21-24(20-16-14-8-6-4-2)22-18-19-23-25(26)27/h13,15,24H,3-12,14,17-19,21-23H2,1-2H3,(H,26,27)/b15-13-. The number of carboxylic acids is 1. The Balaban J connectivity index is 3.99. The summed E-state index contributed by atoms with van der Waals surface area (Å²) in [7, 11) is 0. The molecule has 2 nitrogen and oxygen atoms in total. The maximum atomic E-state index is 10.7. The van der Waals surface area contributed by atoms with Crippen LogP contribution in [0.15, 0.2) is 12.2 Å². The van der Waals surface area contributed by atoms with Crippen LogP contribution in [0.1, 0.15) is 123 Å². The molecule has 0 fully saturated rings. The highest BCUT2D eigenvalue weighted by Crippen LogP contribution is 2.16. The van der Waals surface area contributed by atoms with Crippen LogP contribution in [0, 0.1) is 17.8 Å². The van der Waals surface area contributed by atoms with Crippen LogP contribution in [-0.2, 0) is 4.79 Å². The van der Waals surface area contributed by atoms with E-state index in [1.165, 1.54) is 64.2 Å². The van der Waals surface area contributed by atoms with Crippen LogP contribution in [0.2, 0.25) is 0 Å². The van der Waals surface area contributed by atoms with Crippen molar-refractivity contribution in [1.29, 1.82) is 0 Å². The lowest BCUT2D eigenvalue weighted by molar-refractivity contribution is -0.137. The van der Waals surface area contributed by atoms with Crippen LogP contribution in [0.4, 0.5) is 0 Å². The van der Waals surface area contributed by atoms with E-state index < -0.39 is 5.97 Å². The summed E-state index contributed by atoms with van der Waals surface area (Å²) in [6.07, 6.45) is 24.0. The summed E-state index contributed by atoms with van der Waals surface area (Å²) in [6.45, 7) is 4.48. The quantitative estimate of drug-likeness (QED) is 0.150. The first-order chi connectivity index (χ1) is 13.2. The molecule has 0 saturated heterocycles. The minimum absolute atomic E-state index is 0.287. The molecule has 0 aromatic rings. The molecule has 0 rings (SSSR count). The average Bonchev–Trinajstić information content (AvgIpc) is 2.65. The lowest BCUT2D eigenvalue weighted by Crippen LogP contribution is -1.99. The van der Waals surface area contributed by atoms with Gasteiger partial charge in [0.2, 0.25) is 0 Å². The van der Waals surface area contributed by atoms with Crippen LogP contribution < -0.4 is 0 Å². The van der Waals surface area contributed by atoms with Crippen molar-refractivity contribution >= 4 is 5.97 Å². The van der Waals surface area contributed by atoms with Crippen molar-refractivity contribution in [1.82, 2.24) is 0 Å². The van der Waals surface area contributed by atoms with Gasteiger partial charge in [-0.05, 0) is 44.9 Å². The van der Waals surface area contributed by atoms with E-state index in [1.807, 2.05) is 0 Å². The van der Waals surface area contributed by atoms with Gasteiger partial charge in [-0.3, -0.25) is 4.79 Å². The number of rotatable bonds is 18. The molecule has 0 amide bonds. The zero-order chi connectivity index (χ0) is 20.0. The van der Waals surface area contributed by atoms with Crippen molar-refractivity contribution in [3.8, 4) is 11.8 Å². The van der Waals surface area contributed by atoms with Crippen LogP contribution in [0.3, 0.4) is 0 Å². The Morgan fingerprint density at radius 3 is 2.22 bits per heavy atom. The number of carbonyl (C=O) groups is 1. The second-order valence-corrected chi connectivity index (χ2v) is 7.72. The molecule has 0 saturated carbocycles. The average molecular weight is 377 g/mol. The molecule has 0 aliphatic carbocycles. The third kappa shape index (κ3) is 20.9. The molecule has 0 bridgehead atoms. The minimum atomic E-state index is -0.685. The smallest absolute Gasteiger partial charge is 0.303 e. The summed E-state index contributed by atoms with van der Waals surface area (Å²) in [5.41, 5.74) is 0. The van der Waals surface area contributed by atoms with Crippen LogP contribution >= 0.6 is 0 Å².